The molecule has 88 valence electrons. The van der Waals surface area contributed by atoms with Gasteiger partial charge < -0.3 is 10.1 Å². The molecule has 1 saturated heterocycles. The van der Waals surface area contributed by atoms with Gasteiger partial charge in [0.15, 0.2) is 0 Å². The lowest BCUT2D eigenvalue weighted by Gasteiger charge is -2.29. The third-order valence-electron chi connectivity index (χ3n) is 3.50. The third-order valence-corrected chi connectivity index (χ3v) is 4.22. The number of nitrogens with one attached hydrogen (secondary N) is 1. The zero-order valence-corrected chi connectivity index (χ0v) is 12.0. The maximum atomic E-state index is 5.61. The third kappa shape index (κ3) is 2.76. The van der Waals surface area contributed by atoms with Gasteiger partial charge in [-0.25, -0.2) is 0 Å². The fourth-order valence-electron chi connectivity index (χ4n) is 1.97. The molecule has 2 atom stereocenters. The molecule has 2 rings (SSSR count). The molecule has 0 aliphatic carbocycles. The molecule has 0 radical (unpaired) electrons. The first-order valence-electron chi connectivity index (χ1n) is 5.71. The predicted octanol–water partition coefficient (Wildman–Crippen LogP) is 2.95. The van der Waals surface area contributed by atoms with Gasteiger partial charge in [-0.15, -0.1) is 0 Å². The molecule has 0 spiro atoms. The molecule has 2 unspecified atom stereocenters. The summed E-state index contributed by atoms with van der Waals surface area (Å²) in [5, 5.41) is 3.62. The molecule has 2 nitrogen and oxygen atoms in total. The van der Waals surface area contributed by atoms with E-state index in [1.54, 1.807) is 0 Å². The van der Waals surface area contributed by atoms with E-state index in [0.29, 0.717) is 6.10 Å². The molecular weight excluding hydrogens is 313 g/mol. The van der Waals surface area contributed by atoms with Crippen molar-refractivity contribution in [3.63, 3.8) is 0 Å². The summed E-state index contributed by atoms with van der Waals surface area (Å²) in [6.45, 7) is 6.18. The van der Waals surface area contributed by atoms with Crippen molar-refractivity contribution in [2.24, 2.45) is 0 Å². The van der Waals surface area contributed by atoms with Crippen molar-refractivity contribution < 1.29 is 4.74 Å². The molecule has 1 aliphatic rings. The van der Waals surface area contributed by atoms with Gasteiger partial charge in [0.2, 0.25) is 0 Å². The molecule has 1 aromatic carbocycles. The average Bonchev–Trinajstić information content (AvgIpc) is 2.59. The smallest absolute Gasteiger partial charge is 0.0726 e. The molecule has 0 amide bonds. The van der Waals surface area contributed by atoms with Crippen molar-refractivity contribution in [3.05, 3.63) is 33.4 Å². The zero-order chi connectivity index (χ0) is 11.6. The minimum absolute atomic E-state index is 0.128. The van der Waals surface area contributed by atoms with E-state index in [2.05, 4.69) is 66.0 Å². The highest BCUT2D eigenvalue weighted by molar-refractivity contribution is 14.1. The van der Waals surface area contributed by atoms with Gasteiger partial charge in [0, 0.05) is 22.3 Å². The van der Waals surface area contributed by atoms with Crippen molar-refractivity contribution in [1.29, 1.82) is 0 Å². The molecule has 0 saturated carbocycles. The Morgan fingerprint density at radius 3 is 2.69 bits per heavy atom. The first-order chi connectivity index (χ1) is 7.60. The van der Waals surface area contributed by atoms with Crippen molar-refractivity contribution in [3.8, 4) is 0 Å². The Bertz CT molecular complexity index is 351. The summed E-state index contributed by atoms with van der Waals surface area (Å²) in [5.74, 6) is 0. The Morgan fingerprint density at radius 1 is 1.44 bits per heavy atom. The fraction of sp³-hybridized carbons (Fsp3) is 0.538. The monoisotopic (exact) mass is 331 g/mol. The summed E-state index contributed by atoms with van der Waals surface area (Å²) in [4.78, 5) is 0. The molecule has 0 bridgehead atoms. The first-order valence-corrected chi connectivity index (χ1v) is 6.79. The van der Waals surface area contributed by atoms with Crippen LogP contribution >= 0.6 is 22.6 Å². The summed E-state index contributed by atoms with van der Waals surface area (Å²) in [7, 11) is 0. The van der Waals surface area contributed by atoms with Gasteiger partial charge in [0.25, 0.3) is 0 Å². The Morgan fingerprint density at radius 2 is 2.12 bits per heavy atom. The molecule has 1 aliphatic heterocycles. The predicted molar refractivity (Wildman–Crippen MR) is 74.4 cm³/mol. The van der Waals surface area contributed by atoms with Crippen LogP contribution in [0.4, 0.5) is 0 Å². The summed E-state index contributed by atoms with van der Waals surface area (Å²) in [5.41, 5.74) is 1.46. The maximum Gasteiger partial charge on any atom is 0.0726 e. The average molecular weight is 331 g/mol. The van der Waals surface area contributed by atoms with E-state index in [1.807, 2.05) is 0 Å². The van der Waals surface area contributed by atoms with Gasteiger partial charge in [-0.05, 0) is 60.6 Å². The fourth-order valence-corrected chi connectivity index (χ4v) is 2.33. The van der Waals surface area contributed by atoms with Crippen molar-refractivity contribution in [1.82, 2.24) is 5.32 Å². The standard InChI is InChI=1S/C13H18INO/c1-10-13(2,7-8-16-10)15-9-11-3-5-12(14)6-4-11/h3-6,10,15H,7-9H2,1-2H3. The van der Waals surface area contributed by atoms with Gasteiger partial charge in [-0.2, -0.15) is 0 Å². The van der Waals surface area contributed by atoms with Gasteiger partial charge in [0.1, 0.15) is 0 Å². The maximum absolute atomic E-state index is 5.61. The van der Waals surface area contributed by atoms with E-state index in [4.69, 9.17) is 4.74 Å². The van der Waals surface area contributed by atoms with E-state index in [0.717, 1.165) is 19.6 Å². The molecule has 0 aromatic heterocycles. The number of halogens is 1. The van der Waals surface area contributed by atoms with E-state index in [9.17, 15) is 0 Å². The number of rotatable bonds is 3. The van der Waals surface area contributed by atoms with Crippen molar-refractivity contribution in [2.75, 3.05) is 6.61 Å². The largest absolute Gasteiger partial charge is 0.377 e. The lowest BCUT2D eigenvalue weighted by molar-refractivity contribution is 0.0881. The Kier molecular flexibility index (Phi) is 3.87. The van der Waals surface area contributed by atoms with Crippen molar-refractivity contribution in [2.45, 2.75) is 38.5 Å². The molecule has 16 heavy (non-hydrogen) atoms. The van der Waals surface area contributed by atoms with Gasteiger partial charge in [-0.1, -0.05) is 12.1 Å². The van der Waals surface area contributed by atoms with Crippen LogP contribution in [0.2, 0.25) is 0 Å². The van der Waals surface area contributed by atoms with Crippen molar-refractivity contribution >= 4 is 22.6 Å². The van der Waals surface area contributed by atoms with Gasteiger partial charge in [-0.3, -0.25) is 0 Å². The van der Waals surface area contributed by atoms with Crippen LogP contribution in [0.1, 0.15) is 25.8 Å². The second kappa shape index (κ2) is 5.02. The Hall–Kier alpha value is -0.130. The summed E-state index contributed by atoms with van der Waals surface area (Å²) >= 11 is 2.33. The van der Waals surface area contributed by atoms with Gasteiger partial charge >= 0.3 is 0 Å². The minimum atomic E-state index is 0.128. The lowest BCUT2D eigenvalue weighted by Crippen LogP contribution is -2.47. The van der Waals surface area contributed by atoms with E-state index >= 15 is 0 Å². The topological polar surface area (TPSA) is 21.3 Å². The SMILES string of the molecule is CC1OCCC1(C)NCc1ccc(I)cc1. The highest BCUT2D eigenvalue weighted by Crippen LogP contribution is 2.25. The molecule has 1 fully saturated rings. The normalized spacial score (nSPS) is 29.6. The van der Waals surface area contributed by atoms with Crippen LogP contribution in [0.25, 0.3) is 0 Å². The zero-order valence-electron chi connectivity index (χ0n) is 9.79. The van der Waals surface area contributed by atoms with Gasteiger partial charge in [0.05, 0.1) is 6.10 Å². The van der Waals surface area contributed by atoms with Crippen LogP contribution < -0.4 is 5.32 Å². The highest BCUT2D eigenvalue weighted by atomic mass is 127. The highest BCUT2D eigenvalue weighted by Gasteiger charge is 2.36. The molecule has 1 heterocycles. The summed E-state index contributed by atoms with van der Waals surface area (Å²) in [6.07, 6.45) is 1.40. The second-order valence-electron chi connectivity index (χ2n) is 4.66. The van der Waals surface area contributed by atoms with Crippen LogP contribution in [0.5, 0.6) is 0 Å². The Balaban J connectivity index is 1.94. The number of ether oxygens (including phenoxy) is 1. The number of hydrogen-bond donors (Lipinski definition) is 1. The molecular formula is C13H18INO. The van der Waals surface area contributed by atoms with E-state index < -0.39 is 0 Å². The molecule has 1 aromatic rings. The Labute approximate surface area is 111 Å². The summed E-state index contributed by atoms with van der Waals surface area (Å²) in [6, 6.07) is 8.65. The number of benzene rings is 1. The summed E-state index contributed by atoms with van der Waals surface area (Å²) < 4.78 is 6.89. The quantitative estimate of drug-likeness (QED) is 0.860. The van der Waals surface area contributed by atoms with E-state index in [1.165, 1.54) is 9.13 Å². The minimum Gasteiger partial charge on any atom is -0.377 e. The second-order valence-corrected chi connectivity index (χ2v) is 5.91. The molecule has 1 N–H and O–H groups in total. The molecule has 3 heteroatoms. The van der Waals surface area contributed by atoms with Crippen LogP contribution in [0.15, 0.2) is 24.3 Å². The van der Waals surface area contributed by atoms with Crippen LogP contribution in [0, 0.1) is 3.57 Å². The van der Waals surface area contributed by atoms with Crippen LogP contribution in [-0.2, 0) is 11.3 Å². The number of hydrogen-bond acceptors (Lipinski definition) is 2. The van der Waals surface area contributed by atoms with E-state index in [-0.39, 0.29) is 5.54 Å². The van der Waals surface area contributed by atoms with Crippen LogP contribution in [-0.4, -0.2) is 18.2 Å². The van der Waals surface area contributed by atoms with Crippen LogP contribution in [0.3, 0.4) is 0 Å². The first kappa shape index (κ1) is 12.3. The lowest BCUT2D eigenvalue weighted by atomic mass is 9.94.